The Morgan fingerprint density at radius 2 is 1.75 bits per heavy atom. The zero-order valence-electron chi connectivity index (χ0n) is 16.6. The summed E-state index contributed by atoms with van der Waals surface area (Å²) in [6.07, 6.45) is 10.9. The van der Waals surface area contributed by atoms with Crippen molar-refractivity contribution < 1.29 is 9.59 Å². The quantitative estimate of drug-likeness (QED) is 0.852. The van der Waals surface area contributed by atoms with Gasteiger partial charge in [0, 0.05) is 44.8 Å². The van der Waals surface area contributed by atoms with Gasteiger partial charge in [0.25, 0.3) is 0 Å². The molecule has 1 atom stereocenters. The number of hydrogen-bond acceptors (Lipinski definition) is 4. The van der Waals surface area contributed by atoms with Crippen molar-refractivity contribution in [3.8, 4) is 0 Å². The van der Waals surface area contributed by atoms with Gasteiger partial charge >= 0.3 is 6.03 Å². The van der Waals surface area contributed by atoms with Gasteiger partial charge in [-0.2, -0.15) is 0 Å². The summed E-state index contributed by atoms with van der Waals surface area (Å²) in [6.45, 7) is 3.61. The molecule has 1 saturated carbocycles. The molecule has 3 fully saturated rings. The summed E-state index contributed by atoms with van der Waals surface area (Å²) < 4.78 is 2.00. The van der Waals surface area contributed by atoms with Gasteiger partial charge in [0.2, 0.25) is 5.91 Å². The van der Waals surface area contributed by atoms with Crippen molar-refractivity contribution in [2.75, 3.05) is 26.2 Å². The Bertz CT molecular complexity index is 691. The highest BCUT2D eigenvalue weighted by Gasteiger charge is 2.32. The second kappa shape index (κ2) is 8.49. The molecule has 2 aliphatic heterocycles. The monoisotopic (exact) mass is 388 g/mol. The molecule has 0 bridgehead atoms. The number of carbonyl (C=O) groups excluding carboxylic acids is 2. The van der Waals surface area contributed by atoms with E-state index in [0.29, 0.717) is 24.9 Å². The molecule has 0 unspecified atom stereocenters. The topological polar surface area (TPSA) is 97.3 Å². The number of hydrogen-bond donors (Lipinski definition) is 1. The lowest BCUT2D eigenvalue weighted by Crippen LogP contribution is -2.49. The Hall–Kier alpha value is -2.12. The molecule has 154 valence electrons. The summed E-state index contributed by atoms with van der Waals surface area (Å²) in [6, 6.07) is -0.416. The minimum absolute atomic E-state index is 0.0953. The van der Waals surface area contributed by atoms with Crippen LogP contribution in [0.3, 0.4) is 0 Å². The molecule has 2 N–H and O–H groups in total. The average molecular weight is 389 g/mol. The normalized spacial score (nSPS) is 24.6. The molecule has 0 radical (unpaired) electrons. The zero-order valence-corrected chi connectivity index (χ0v) is 16.6. The van der Waals surface area contributed by atoms with E-state index in [4.69, 9.17) is 5.73 Å². The predicted octanol–water partition coefficient (Wildman–Crippen LogP) is 1.96. The summed E-state index contributed by atoms with van der Waals surface area (Å²) in [5.41, 5.74) is 6.54. The zero-order chi connectivity index (χ0) is 19.5. The molecular weight excluding hydrogens is 356 g/mol. The molecule has 0 aromatic carbocycles. The van der Waals surface area contributed by atoms with Gasteiger partial charge in [-0.3, -0.25) is 9.48 Å². The number of urea groups is 1. The van der Waals surface area contributed by atoms with Crippen LogP contribution in [0.4, 0.5) is 4.79 Å². The Balaban J connectivity index is 1.25. The summed E-state index contributed by atoms with van der Waals surface area (Å²) in [5.74, 6) is 1.23. The van der Waals surface area contributed by atoms with Crippen molar-refractivity contribution in [2.45, 2.75) is 63.8 Å². The number of piperidine rings is 2. The predicted molar refractivity (Wildman–Crippen MR) is 104 cm³/mol. The number of carbonyl (C=O) groups is 2. The van der Waals surface area contributed by atoms with Crippen molar-refractivity contribution in [3.63, 3.8) is 0 Å². The van der Waals surface area contributed by atoms with Gasteiger partial charge in [0.05, 0.1) is 11.6 Å². The molecule has 1 aromatic rings. The van der Waals surface area contributed by atoms with Crippen LogP contribution in [0.15, 0.2) is 6.20 Å². The second-order valence-corrected chi connectivity index (χ2v) is 8.74. The largest absolute Gasteiger partial charge is 0.351 e. The molecule has 4 rings (SSSR count). The van der Waals surface area contributed by atoms with Crippen LogP contribution in [0.25, 0.3) is 0 Å². The van der Waals surface area contributed by atoms with E-state index in [1.165, 1.54) is 25.7 Å². The molecule has 1 aliphatic carbocycles. The Morgan fingerprint density at radius 1 is 1.00 bits per heavy atom. The van der Waals surface area contributed by atoms with E-state index in [-0.39, 0.29) is 11.8 Å². The fourth-order valence-electron chi connectivity index (χ4n) is 5.05. The first-order valence-corrected chi connectivity index (χ1v) is 10.8. The lowest BCUT2D eigenvalue weighted by atomic mass is 9.93. The van der Waals surface area contributed by atoms with Crippen molar-refractivity contribution >= 4 is 11.9 Å². The third kappa shape index (κ3) is 4.31. The molecule has 28 heavy (non-hydrogen) atoms. The van der Waals surface area contributed by atoms with Crippen LogP contribution >= 0.6 is 0 Å². The fourth-order valence-corrected chi connectivity index (χ4v) is 5.05. The number of aromatic nitrogens is 3. The standard InChI is InChI=1S/C20H32N6O2/c21-20(28)25-9-3-6-17(13-25)19(27)24-10-7-15(8-11-24)12-26-14-18(22-23-26)16-4-1-2-5-16/h14-17H,1-13H2,(H2,21,28)/t17-/m1/s1. The number of nitrogens with two attached hydrogens (primary N) is 1. The first-order valence-electron chi connectivity index (χ1n) is 10.8. The molecule has 1 aromatic heterocycles. The van der Waals surface area contributed by atoms with Crippen LogP contribution in [-0.4, -0.2) is 62.9 Å². The van der Waals surface area contributed by atoms with Crippen molar-refractivity contribution in [1.29, 1.82) is 0 Å². The van der Waals surface area contributed by atoms with Crippen LogP contribution in [0.1, 0.15) is 63.0 Å². The smallest absolute Gasteiger partial charge is 0.314 e. The highest BCUT2D eigenvalue weighted by molar-refractivity contribution is 5.80. The van der Waals surface area contributed by atoms with Gasteiger partial charge < -0.3 is 15.5 Å². The lowest BCUT2D eigenvalue weighted by Gasteiger charge is -2.37. The van der Waals surface area contributed by atoms with E-state index in [1.807, 2.05) is 9.58 Å². The van der Waals surface area contributed by atoms with E-state index in [0.717, 1.165) is 51.0 Å². The Morgan fingerprint density at radius 3 is 2.46 bits per heavy atom. The van der Waals surface area contributed by atoms with Crippen molar-refractivity contribution in [1.82, 2.24) is 24.8 Å². The number of primary amides is 1. The summed E-state index contributed by atoms with van der Waals surface area (Å²) in [5, 5.41) is 8.74. The number of amides is 3. The summed E-state index contributed by atoms with van der Waals surface area (Å²) >= 11 is 0. The fraction of sp³-hybridized carbons (Fsp3) is 0.800. The molecular formula is C20H32N6O2. The summed E-state index contributed by atoms with van der Waals surface area (Å²) in [4.78, 5) is 27.9. The van der Waals surface area contributed by atoms with Crippen molar-refractivity contribution in [2.24, 2.45) is 17.6 Å². The van der Waals surface area contributed by atoms with Crippen molar-refractivity contribution in [3.05, 3.63) is 11.9 Å². The molecule has 3 aliphatic rings. The molecule has 3 amide bonds. The van der Waals surface area contributed by atoms with E-state index >= 15 is 0 Å². The minimum atomic E-state index is -0.416. The minimum Gasteiger partial charge on any atom is -0.351 e. The van der Waals surface area contributed by atoms with Gasteiger partial charge in [0.15, 0.2) is 0 Å². The van der Waals surface area contributed by atoms with Crippen LogP contribution in [0, 0.1) is 11.8 Å². The van der Waals surface area contributed by atoms with E-state index in [9.17, 15) is 9.59 Å². The average Bonchev–Trinajstić information content (AvgIpc) is 3.40. The molecule has 8 heteroatoms. The molecule has 2 saturated heterocycles. The first-order chi connectivity index (χ1) is 13.6. The SMILES string of the molecule is NC(=O)N1CCC[C@@H](C(=O)N2CCC(Cn3cc(C4CCCC4)nn3)CC2)C1. The van der Waals surface area contributed by atoms with Gasteiger partial charge in [0.1, 0.15) is 0 Å². The molecule has 0 spiro atoms. The van der Waals surface area contributed by atoms with Crippen LogP contribution in [0.2, 0.25) is 0 Å². The molecule has 8 nitrogen and oxygen atoms in total. The van der Waals surface area contributed by atoms with E-state index in [1.54, 1.807) is 4.90 Å². The van der Waals surface area contributed by atoms with E-state index in [2.05, 4.69) is 16.5 Å². The summed E-state index contributed by atoms with van der Waals surface area (Å²) in [7, 11) is 0. The van der Waals surface area contributed by atoms with Gasteiger partial charge in [-0.15, -0.1) is 5.10 Å². The van der Waals surface area contributed by atoms with Crippen LogP contribution in [-0.2, 0) is 11.3 Å². The van der Waals surface area contributed by atoms with Crippen LogP contribution < -0.4 is 5.73 Å². The number of likely N-dealkylation sites (tertiary alicyclic amines) is 2. The maximum Gasteiger partial charge on any atom is 0.314 e. The Kier molecular flexibility index (Phi) is 5.82. The van der Waals surface area contributed by atoms with Gasteiger partial charge in [-0.1, -0.05) is 18.1 Å². The third-order valence-corrected chi connectivity index (χ3v) is 6.78. The maximum atomic E-state index is 12.9. The van der Waals surface area contributed by atoms with Gasteiger partial charge in [-0.25, -0.2) is 4.79 Å². The lowest BCUT2D eigenvalue weighted by molar-refractivity contribution is -0.138. The maximum absolute atomic E-state index is 12.9. The van der Waals surface area contributed by atoms with E-state index < -0.39 is 6.03 Å². The first kappa shape index (κ1) is 19.2. The third-order valence-electron chi connectivity index (χ3n) is 6.78. The van der Waals surface area contributed by atoms with Crippen LogP contribution in [0.5, 0.6) is 0 Å². The number of rotatable bonds is 4. The Labute approximate surface area is 166 Å². The highest BCUT2D eigenvalue weighted by atomic mass is 16.2. The molecule has 3 heterocycles. The second-order valence-electron chi connectivity index (χ2n) is 8.74. The number of nitrogens with zero attached hydrogens (tertiary/aromatic N) is 5. The highest BCUT2D eigenvalue weighted by Crippen LogP contribution is 2.32. The van der Waals surface area contributed by atoms with Gasteiger partial charge in [-0.05, 0) is 44.4 Å².